The third-order valence-corrected chi connectivity index (χ3v) is 4.04. The zero-order valence-corrected chi connectivity index (χ0v) is 10.2. The van der Waals surface area contributed by atoms with E-state index in [0.717, 1.165) is 3.97 Å². The van der Waals surface area contributed by atoms with E-state index >= 15 is 0 Å². The molecule has 6 heteroatoms. The van der Waals surface area contributed by atoms with Crippen molar-refractivity contribution in [3.05, 3.63) is 59.9 Å². The van der Waals surface area contributed by atoms with Gasteiger partial charge in [-0.05, 0) is 17.7 Å². The molecule has 0 aliphatic carbocycles. The lowest BCUT2D eigenvalue weighted by Gasteiger charge is -2.08. The van der Waals surface area contributed by atoms with Gasteiger partial charge in [0.15, 0.2) is 0 Å². The van der Waals surface area contributed by atoms with Gasteiger partial charge in [0.2, 0.25) is 10.0 Å². The zero-order valence-electron chi connectivity index (χ0n) is 9.35. The van der Waals surface area contributed by atoms with Crippen LogP contribution in [-0.4, -0.2) is 23.5 Å². The minimum Gasteiger partial charge on any atom is -0.477 e. The lowest BCUT2D eigenvalue weighted by molar-refractivity contribution is 0.0689. The van der Waals surface area contributed by atoms with Crippen molar-refractivity contribution in [3.8, 4) is 0 Å². The average molecular weight is 265 g/mol. The van der Waals surface area contributed by atoms with Crippen LogP contribution < -0.4 is 0 Å². The molecule has 18 heavy (non-hydrogen) atoms. The van der Waals surface area contributed by atoms with Gasteiger partial charge in [-0.25, -0.2) is 17.2 Å². The summed E-state index contributed by atoms with van der Waals surface area (Å²) in [6.45, 7) is 0. The van der Waals surface area contributed by atoms with Crippen molar-refractivity contribution in [3.63, 3.8) is 0 Å². The fraction of sp³-hybridized carbons (Fsp3) is 0.0833. The molecular formula is C12H11NO4S. The molecule has 0 amide bonds. The van der Waals surface area contributed by atoms with Crippen molar-refractivity contribution in [2.45, 2.75) is 5.75 Å². The second kappa shape index (κ2) is 4.66. The molecule has 1 heterocycles. The molecule has 0 unspecified atom stereocenters. The van der Waals surface area contributed by atoms with Crippen LogP contribution in [0.2, 0.25) is 0 Å². The van der Waals surface area contributed by atoms with Crippen molar-refractivity contribution in [2.24, 2.45) is 0 Å². The number of carboxylic acid groups (broad SMARTS) is 1. The van der Waals surface area contributed by atoms with E-state index in [1.165, 1.54) is 18.3 Å². The quantitative estimate of drug-likeness (QED) is 0.910. The van der Waals surface area contributed by atoms with Crippen LogP contribution in [0.15, 0.2) is 48.7 Å². The molecule has 94 valence electrons. The molecule has 0 fully saturated rings. The Kier molecular flexibility index (Phi) is 3.20. The number of benzene rings is 1. The number of aromatic carboxylic acids is 1. The van der Waals surface area contributed by atoms with Crippen LogP contribution in [0, 0.1) is 0 Å². The monoisotopic (exact) mass is 265 g/mol. The number of carboxylic acids is 1. The van der Waals surface area contributed by atoms with Crippen LogP contribution in [0.25, 0.3) is 0 Å². The summed E-state index contributed by atoms with van der Waals surface area (Å²) in [5, 5.41) is 8.90. The zero-order chi connectivity index (χ0) is 13.2. The Balaban J connectivity index is 2.37. The van der Waals surface area contributed by atoms with E-state index in [-0.39, 0.29) is 11.4 Å². The van der Waals surface area contributed by atoms with Crippen LogP contribution in [-0.2, 0) is 15.8 Å². The molecule has 1 aromatic carbocycles. The molecular weight excluding hydrogens is 254 g/mol. The second-order valence-corrected chi connectivity index (χ2v) is 5.58. The first kappa shape index (κ1) is 12.4. The average Bonchev–Trinajstić information content (AvgIpc) is 2.79. The Hall–Kier alpha value is -2.08. The highest BCUT2D eigenvalue weighted by Crippen LogP contribution is 2.12. The SMILES string of the molecule is O=C(O)c1cccn1S(=O)(=O)Cc1ccccc1. The van der Waals surface area contributed by atoms with Gasteiger partial charge in [0.25, 0.3) is 0 Å². The third kappa shape index (κ3) is 2.43. The maximum absolute atomic E-state index is 12.1. The molecule has 2 aromatic rings. The molecule has 0 aliphatic rings. The molecule has 0 bridgehead atoms. The Bertz CT molecular complexity index is 658. The summed E-state index contributed by atoms with van der Waals surface area (Å²) < 4.78 is 25.0. The van der Waals surface area contributed by atoms with E-state index in [1.807, 2.05) is 0 Å². The van der Waals surface area contributed by atoms with Gasteiger partial charge in [-0.15, -0.1) is 0 Å². The fourth-order valence-electron chi connectivity index (χ4n) is 1.63. The fourth-order valence-corrected chi connectivity index (χ4v) is 3.08. The van der Waals surface area contributed by atoms with Crippen molar-refractivity contribution < 1.29 is 18.3 Å². The highest BCUT2D eigenvalue weighted by atomic mass is 32.2. The second-order valence-electron chi connectivity index (χ2n) is 3.74. The summed E-state index contributed by atoms with van der Waals surface area (Å²) in [6, 6.07) is 11.3. The summed E-state index contributed by atoms with van der Waals surface area (Å²) in [5.74, 6) is -1.50. The number of aromatic nitrogens is 1. The standard InChI is InChI=1S/C12H11NO4S/c14-12(15)11-7-4-8-13(11)18(16,17)9-10-5-2-1-3-6-10/h1-8H,9H2,(H,14,15). The van der Waals surface area contributed by atoms with Crippen LogP contribution in [0.4, 0.5) is 0 Å². The van der Waals surface area contributed by atoms with Gasteiger partial charge in [0, 0.05) is 6.20 Å². The lowest BCUT2D eigenvalue weighted by Crippen LogP contribution is -2.19. The van der Waals surface area contributed by atoms with Gasteiger partial charge in [0.05, 0.1) is 5.75 Å². The number of nitrogens with zero attached hydrogens (tertiary/aromatic N) is 1. The molecule has 0 spiro atoms. The Morgan fingerprint density at radius 1 is 1.11 bits per heavy atom. The van der Waals surface area contributed by atoms with Crippen molar-refractivity contribution in [2.75, 3.05) is 0 Å². The minimum atomic E-state index is -3.71. The summed E-state index contributed by atoms with van der Waals surface area (Å²) in [6.07, 6.45) is 1.24. The van der Waals surface area contributed by atoms with Crippen LogP contribution >= 0.6 is 0 Å². The van der Waals surface area contributed by atoms with E-state index in [4.69, 9.17) is 5.11 Å². The largest absolute Gasteiger partial charge is 0.477 e. The molecule has 0 atom stereocenters. The maximum atomic E-state index is 12.1. The predicted octanol–water partition coefficient (Wildman–Crippen LogP) is 1.56. The van der Waals surface area contributed by atoms with E-state index in [1.54, 1.807) is 30.3 Å². The van der Waals surface area contributed by atoms with Crippen molar-refractivity contribution >= 4 is 16.0 Å². The van der Waals surface area contributed by atoms with Gasteiger partial charge >= 0.3 is 5.97 Å². The molecule has 1 aromatic heterocycles. The minimum absolute atomic E-state index is 0.233. The first-order chi connectivity index (χ1) is 8.50. The molecule has 5 nitrogen and oxygen atoms in total. The summed E-state index contributed by atoms with van der Waals surface area (Å²) in [5.41, 5.74) is 0.355. The van der Waals surface area contributed by atoms with Crippen LogP contribution in [0.1, 0.15) is 16.1 Å². The number of rotatable bonds is 4. The van der Waals surface area contributed by atoms with Gasteiger partial charge < -0.3 is 5.11 Å². The molecule has 0 saturated heterocycles. The summed E-state index contributed by atoms with van der Waals surface area (Å²) in [4.78, 5) is 10.9. The summed E-state index contributed by atoms with van der Waals surface area (Å²) >= 11 is 0. The Morgan fingerprint density at radius 3 is 2.39 bits per heavy atom. The van der Waals surface area contributed by atoms with E-state index in [9.17, 15) is 13.2 Å². The number of carbonyl (C=O) groups is 1. The van der Waals surface area contributed by atoms with E-state index in [2.05, 4.69) is 0 Å². The molecule has 2 rings (SSSR count). The first-order valence-corrected chi connectivity index (χ1v) is 6.79. The van der Waals surface area contributed by atoms with Crippen LogP contribution in [0.5, 0.6) is 0 Å². The third-order valence-electron chi connectivity index (χ3n) is 2.42. The maximum Gasteiger partial charge on any atom is 0.353 e. The van der Waals surface area contributed by atoms with Gasteiger partial charge in [-0.1, -0.05) is 30.3 Å². The Labute approximate surface area is 104 Å². The normalized spacial score (nSPS) is 11.3. The number of hydrogen-bond acceptors (Lipinski definition) is 3. The van der Waals surface area contributed by atoms with Crippen molar-refractivity contribution in [1.82, 2.24) is 3.97 Å². The van der Waals surface area contributed by atoms with Gasteiger partial charge in [-0.2, -0.15) is 0 Å². The van der Waals surface area contributed by atoms with Gasteiger partial charge in [0.1, 0.15) is 5.69 Å². The molecule has 0 aliphatic heterocycles. The van der Waals surface area contributed by atoms with Crippen molar-refractivity contribution in [1.29, 1.82) is 0 Å². The highest BCUT2D eigenvalue weighted by Gasteiger charge is 2.20. The van der Waals surface area contributed by atoms with Crippen LogP contribution in [0.3, 0.4) is 0 Å². The summed E-state index contributed by atoms with van der Waals surface area (Å²) in [7, 11) is -3.71. The van der Waals surface area contributed by atoms with E-state index < -0.39 is 16.0 Å². The lowest BCUT2D eigenvalue weighted by atomic mass is 10.2. The molecule has 1 N–H and O–H groups in total. The molecule has 0 saturated carbocycles. The predicted molar refractivity (Wildman–Crippen MR) is 65.9 cm³/mol. The highest BCUT2D eigenvalue weighted by molar-refractivity contribution is 7.89. The first-order valence-electron chi connectivity index (χ1n) is 5.18. The Morgan fingerprint density at radius 2 is 1.78 bits per heavy atom. The van der Waals surface area contributed by atoms with E-state index in [0.29, 0.717) is 5.56 Å². The smallest absolute Gasteiger partial charge is 0.353 e. The van der Waals surface area contributed by atoms with Gasteiger partial charge in [-0.3, -0.25) is 0 Å². The molecule has 0 radical (unpaired) electrons. The number of hydrogen-bond donors (Lipinski definition) is 1. The topological polar surface area (TPSA) is 76.4 Å².